The van der Waals surface area contributed by atoms with E-state index in [1.165, 1.54) is 0 Å². The van der Waals surface area contributed by atoms with Crippen LogP contribution in [0.15, 0.2) is 24.3 Å². The lowest BCUT2D eigenvalue weighted by molar-refractivity contribution is 0.0914. The van der Waals surface area contributed by atoms with Crippen molar-refractivity contribution in [2.24, 2.45) is 11.7 Å². The monoisotopic (exact) mass is 264 g/mol. The summed E-state index contributed by atoms with van der Waals surface area (Å²) < 4.78 is 5.26. The number of carbonyl (C=O) groups excluding carboxylic acids is 1. The summed E-state index contributed by atoms with van der Waals surface area (Å²) >= 11 is 0. The normalized spacial score (nSPS) is 10.6. The van der Waals surface area contributed by atoms with Gasteiger partial charge in [-0.25, -0.2) is 4.79 Å². The average Bonchev–Trinajstić information content (AvgIpc) is 2.42. The van der Waals surface area contributed by atoms with Gasteiger partial charge < -0.3 is 15.4 Å². The second kappa shape index (κ2) is 7.79. The Bertz CT molecular complexity index is 405. The largest absolute Gasteiger partial charge is 0.449 e. The molecule has 0 spiro atoms. The predicted molar refractivity (Wildman–Crippen MR) is 76.6 cm³/mol. The van der Waals surface area contributed by atoms with Crippen LogP contribution in [0, 0.1) is 5.92 Å². The first kappa shape index (κ1) is 15.5. The van der Waals surface area contributed by atoms with Crippen LogP contribution in [0.25, 0.3) is 0 Å². The van der Waals surface area contributed by atoms with E-state index in [0.717, 1.165) is 11.1 Å². The Morgan fingerprint density at radius 3 is 2.47 bits per heavy atom. The zero-order valence-corrected chi connectivity index (χ0v) is 12.1. The topological polar surface area (TPSA) is 55.6 Å². The molecule has 0 aliphatic carbocycles. The molecule has 0 heterocycles. The number of nitrogens with two attached hydrogens (primary N) is 1. The number of hydrogen-bond acceptors (Lipinski definition) is 3. The number of benzene rings is 1. The SMILES string of the molecule is CCN(Cc1ccccc1CN)C(=O)OCC(C)C. The fraction of sp³-hybridized carbons (Fsp3) is 0.533. The molecule has 0 aromatic heterocycles. The van der Waals surface area contributed by atoms with Gasteiger partial charge in [-0.2, -0.15) is 0 Å². The van der Waals surface area contributed by atoms with Crippen molar-refractivity contribution in [1.29, 1.82) is 0 Å². The van der Waals surface area contributed by atoms with E-state index in [9.17, 15) is 4.79 Å². The minimum atomic E-state index is -0.261. The van der Waals surface area contributed by atoms with Crippen LogP contribution in [-0.4, -0.2) is 24.1 Å². The molecule has 0 radical (unpaired) electrons. The Balaban J connectivity index is 2.68. The second-order valence-electron chi connectivity index (χ2n) is 4.96. The lowest BCUT2D eigenvalue weighted by atomic mass is 10.1. The fourth-order valence-corrected chi connectivity index (χ4v) is 1.75. The minimum Gasteiger partial charge on any atom is -0.449 e. The molecule has 0 unspecified atom stereocenters. The predicted octanol–water partition coefficient (Wildman–Crippen LogP) is 2.76. The summed E-state index contributed by atoms with van der Waals surface area (Å²) in [6.45, 7) is 8.08. The third kappa shape index (κ3) is 4.91. The number of hydrogen-bond donors (Lipinski definition) is 1. The molecule has 0 saturated heterocycles. The van der Waals surface area contributed by atoms with Gasteiger partial charge in [0.15, 0.2) is 0 Å². The highest BCUT2D eigenvalue weighted by Gasteiger charge is 2.15. The number of carbonyl (C=O) groups is 1. The van der Waals surface area contributed by atoms with Crippen LogP contribution in [0.1, 0.15) is 31.9 Å². The van der Waals surface area contributed by atoms with Crippen LogP contribution in [0.2, 0.25) is 0 Å². The van der Waals surface area contributed by atoms with Gasteiger partial charge in [0.1, 0.15) is 0 Å². The maximum absolute atomic E-state index is 12.0. The summed E-state index contributed by atoms with van der Waals surface area (Å²) in [5, 5.41) is 0. The Hall–Kier alpha value is -1.55. The van der Waals surface area contributed by atoms with Gasteiger partial charge in [-0.05, 0) is 24.0 Å². The molecule has 19 heavy (non-hydrogen) atoms. The molecule has 0 fully saturated rings. The molecule has 2 N–H and O–H groups in total. The molecular formula is C15H24N2O2. The molecule has 1 amide bonds. The number of amides is 1. The highest BCUT2D eigenvalue weighted by molar-refractivity contribution is 5.67. The van der Waals surface area contributed by atoms with E-state index in [4.69, 9.17) is 10.5 Å². The lowest BCUT2D eigenvalue weighted by Crippen LogP contribution is -2.32. The summed E-state index contributed by atoms with van der Waals surface area (Å²) in [5.74, 6) is 0.346. The number of nitrogens with zero attached hydrogens (tertiary/aromatic N) is 1. The molecule has 1 rings (SSSR count). The molecule has 4 nitrogen and oxygen atoms in total. The maximum atomic E-state index is 12.0. The molecule has 1 aromatic carbocycles. The molecular weight excluding hydrogens is 240 g/mol. The number of ether oxygens (including phenoxy) is 1. The molecule has 0 aliphatic heterocycles. The lowest BCUT2D eigenvalue weighted by Gasteiger charge is -2.22. The third-order valence-electron chi connectivity index (χ3n) is 2.88. The van der Waals surface area contributed by atoms with E-state index in [1.807, 2.05) is 45.0 Å². The van der Waals surface area contributed by atoms with Gasteiger partial charge in [0, 0.05) is 19.6 Å². The fourth-order valence-electron chi connectivity index (χ4n) is 1.75. The van der Waals surface area contributed by atoms with Gasteiger partial charge in [-0.3, -0.25) is 0 Å². The van der Waals surface area contributed by atoms with Gasteiger partial charge in [-0.1, -0.05) is 38.1 Å². The van der Waals surface area contributed by atoms with Crippen molar-refractivity contribution in [1.82, 2.24) is 4.90 Å². The zero-order valence-electron chi connectivity index (χ0n) is 12.1. The first-order valence-electron chi connectivity index (χ1n) is 6.77. The van der Waals surface area contributed by atoms with Crippen LogP contribution < -0.4 is 5.73 Å². The van der Waals surface area contributed by atoms with Crippen LogP contribution >= 0.6 is 0 Å². The second-order valence-corrected chi connectivity index (χ2v) is 4.96. The quantitative estimate of drug-likeness (QED) is 0.859. The summed E-state index contributed by atoms with van der Waals surface area (Å²) in [7, 11) is 0. The van der Waals surface area contributed by atoms with Crippen molar-refractivity contribution in [3.8, 4) is 0 Å². The standard InChI is InChI=1S/C15H24N2O2/c1-4-17(15(18)19-11-12(2)3)10-14-8-6-5-7-13(14)9-16/h5-8,12H,4,9-11,16H2,1-3H3. The van der Waals surface area contributed by atoms with Gasteiger partial charge in [-0.15, -0.1) is 0 Å². The van der Waals surface area contributed by atoms with Gasteiger partial charge >= 0.3 is 6.09 Å². The number of rotatable bonds is 6. The van der Waals surface area contributed by atoms with Gasteiger partial charge in [0.05, 0.1) is 6.61 Å². The molecule has 0 saturated carbocycles. The Labute approximate surface area is 115 Å². The smallest absolute Gasteiger partial charge is 0.410 e. The van der Waals surface area contributed by atoms with Crippen LogP contribution in [-0.2, 0) is 17.8 Å². The van der Waals surface area contributed by atoms with E-state index in [-0.39, 0.29) is 6.09 Å². The molecule has 1 aromatic rings. The highest BCUT2D eigenvalue weighted by Crippen LogP contribution is 2.12. The molecule has 0 atom stereocenters. The van der Waals surface area contributed by atoms with E-state index in [0.29, 0.717) is 32.2 Å². The Morgan fingerprint density at radius 2 is 1.95 bits per heavy atom. The minimum absolute atomic E-state index is 0.261. The van der Waals surface area contributed by atoms with Crippen molar-refractivity contribution in [3.63, 3.8) is 0 Å². The van der Waals surface area contributed by atoms with E-state index in [1.54, 1.807) is 4.90 Å². The van der Waals surface area contributed by atoms with E-state index >= 15 is 0 Å². The Kier molecular flexibility index (Phi) is 6.36. The first-order chi connectivity index (χ1) is 9.08. The molecule has 0 bridgehead atoms. The van der Waals surface area contributed by atoms with Crippen molar-refractivity contribution in [2.75, 3.05) is 13.2 Å². The average molecular weight is 264 g/mol. The third-order valence-corrected chi connectivity index (χ3v) is 2.88. The van der Waals surface area contributed by atoms with Crippen molar-refractivity contribution in [2.45, 2.75) is 33.9 Å². The zero-order chi connectivity index (χ0) is 14.3. The van der Waals surface area contributed by atoms with Gasteiger partial charge in [0.2, 0.25) is 0 Å². The summed E-state index contributed by atoms with van der Waals surface area (Å²) in [5.41, 5.74) is 7.85. The first-order valence-corrected chi connectivity index (χ1v) is 6.77. The Morgan fingerprint density at radius 1 is 1.32 bits per heavy atom. The summed E-state index contributed by atoms with van der Waals surface area (Å²) in [6, 6.07) is 7.91. The van der Waals surface area contributed by atoms with Gasteiger partial charge in [0.25, 0.3) is 0 Å². The maximum Gasteiger partial charge on any atom is 0.410 e. The highest BCUT2D eigenvalue weighted by atomic mass is 16.6. The summed E-state index contributed by atoms with van der Waals surface area (Å²) in [6.07, 6.45) is -0.261. The molecule has 4 heteroatoms. The van der Waals surface area contributed by atoms with Crippen LogP contribution in [0.5, 0.6) is 0 Å². The van der Waals surface area contributed by atoms with Crippen molar-refractivity contribution < 1.29 is 9.53 Å². The van der Waals surface area contributed by atoms with E-state index < -0.39 is 0 Å². The molecule has 0 aliphatic rings. The summed E-state index contributed by atoms with van der Waals surface area (Å²) in [4.78, 5) is 13.6. The van der Waals surface area contributed by atoms with E-state index in [2.05, 4.69) is 0 Å². The van der Waals surface area contributed by atoms with Crippen LogP contribution in [0.3, 0.4) is 0 Å². The van der Waals surface area contributed by atoms with Crippen molar-refractivity contribution in [3.05, 3.63) is 35.4 Å². The van der Waals surface area contributed by atoms with Crippen LogP contribution in [0.4, 0.5) is 4.79 Å². The van der Waals surface area contributed by atoms with Crippen molar-refractivity contribution >= 4 is 6.09 Å². The molecule has 106 valence electrons.